The molecule has 1 heterocycles. The van der Waals surface area contributed by atoms with Gasteiger partial charge >= 0.3 is 0 Å². The highest BCUT2D eigenvalue weighted by Gasteiger charge is 2.13. The van der Waals surface area contributed by atoms with Crippen molar-refractivity contribution in [2.24, 2.45) is 0 Å². The van der Waals surface area contributed by atoms with Crippen LogP contribution in [-0.2, 0) is 0 Å². The van der Waals surface area contributed by atoms with Crippen molar-refractivity contribution >= 4 is 27.5 Å². The van der Waals surface area contributed by atoms with E-state index in [4.69, 9.17) is 4.74 Å². The van der Waals surface area contributed by atoms with Gasteiger partial charge in [-0.25, -0.2) is 0 Å². The molecular weight excluding hydrogens is 322 g/mol. The number of halogens is 1. The Kier molecular flexibility index (Phi) is 4.44. The van der Waals surface area contributed by atoms with E-state index in [1.165, 1.54) is 0 Å². The maximum absolute atomic E-state index is 12.2. The third kappa shape index (κ3) is 3.19. The van der Waals surface area contributed by atoms with Crippen molar-refractivity contribution in [1.82, 2.24) is 9.78 Å². The molecule has 1 aromatic heterocycles. The minimum Gasteiger partial charge on any atom is -0.497 e. The Bertz CT molecular complexity index is 623. The van der Waals surface area contributed by atoms with Gasteiger partial charge in [-0.15, -0.1) is 0 Å². The van der Waals surface area contributed by atoms with Crippen molar-refractivity contribution in [1.29, 1.82) is 0 Å². The zero-order chi connectivity index (χ0) is 14.7. The number of anilines is 1. The monoisotopic (exact) mass is 337 g/mol. The molecular formula is C14H16BrN3O2. The molecule has 1 amide bonds. The molecule has 0 spiro atoms. The van der Waals surface area contributed by atoms with Crippen LogP contribution in [0.25, 0.3) is 0 Å². The first kappa shape index (κ1) is 14.6. The Hall–Kier alpha value is -1.82. The minimum absolute atomic E-state index is 0.209. The van der Waals surface area contributed by atoms with Crippen LogP contribution in [0.4, 0.5) is 5.69 Å². The lowest BCUT2D eigenvalue weighted by Crippen LogP contribution is -2.12. The van der Waals surface area contributed by atoms with E-state index in [0.717, 1.165) is 0 Å². The zero-order valence-corrected chi connectivity index (χ0v) is 13.1. The second-order valence-electron chi connectivity index (χ2n) is 4.60. The van der Waals surface area contributed by atoms with E-state index < -0.39 is 0 Å². The van der Waals surface area contributed by atoms with Crippen molar-refractivity contribution < 1.29 is 9.53 Å². The molecule has 0 aliphatic heterocycles. The summed E-state index contributed by atoms with van der Waals surface area (Å²) in [4.78, 5) is 12.2. The van der Waals surface area contributed by atoms with Gasteiger partial charge < -0.3 is 10.1 Å². The molecule has 0 saturated heterocycles. The lowest BCUT2D eigenvalue weighted by atomic mass is 10.2. The van der Waals surface area contributed by atoms with Crippen LogP contribution >= 0.6 is 15.9 Å². The van der Waals surface area contributed by atoms with Gasteiger partial charge in [-0.3, -0.25) is 9.48 Å². The topological polar surface area (TPSA) is 56.1 Å². The summed E-state index contributed by atoms with van der Waals surface area (Å²) in [6.07, 6.45) is 3.43. The fourth-order valence-electron chi connectivity index (χ4n) is 1.69. The first-order chi connectivity index (χ1) is 9.51. The number of rotatable bonds is 4. The van der Waals surface area contributed by atoms with Crippen molar-refractivity contribution in [3.05, 3.63) is 40.6 Å². The van der Waals surface area contributed by atoms with E-state index in [2.05, 4.69) is 26.3 Å². The number of methoxy groups -OCH3 is 1. The largest absolute Gasteiger partial charge is 0.497 e. The number of hydrogen-bond acceptors (Lipinski definition) is 3. The summed E-state index contributed by atoms with van der Waals surface area (Å²) in [6.45, 7) is 4.05. The first-order valence-corrected chi connectivity index (χ1v) is 6.99. The maximum Gasteiger partial charge on any atom is 0.257 e. The first-order valence-electron chi connectivity index (χ1n) is 6.20. The van der Waals surface area contributed by atoms with Gasteiger partial charge in [-0.05, 0) is 48.0 Å². The van der Waals surface area contributed by atoms with Crippen molar-refractivity contribution in [2.45, 2.75) is 19.9 Å². The Morgan fingerprint density at radius 2 is 2.20 bits per heavy atom. The second-order valence-corrected chi connectivity index (χ2v) is 5.46. The molecule has 5 nitrogen and oxygen atoms in total. The summed E-state index contributed by atoms with van der Waals surface area (Å²) in [5, 5.41) is 7.00. The summed E-state index contributed by atoms with van der Waals surface area (Å²) < 4.78 is 7.63. The number of hydrogen-bond donors (Lipinski definition) is 1. The highest BCUT2D eigenvalue weighted by Crippen LogP contribution is 2.23. The molecule has 106 valence electrons. The predicted octanol–water partition coefficient (Wildman–Crippen LogP) is 3.49. The molecule has 0 unspecified atom stereocenters. The molecule has 0 fully saturated rings. The number of nitrogens with one attached hydrogen (secondary N) is 1. The standard InChI is InChI=1S/C14H16BrN3O2/c1-9(2)18-8-10(7-16-18)17-14(19)12-6-11(20-3)4-5-13(12)15/h4-9H,1-3H3,(H,17,19). The van der Waals surface area contributed by atoms with Crippen LogP contribution in [0, 0.1) is 0 Å². The van der Waals surface area contributed by atoms with Gasteiger partial charge in [0.25, 0.3) is 5.91 Å². The van der Waals surface area contributed by atoms with E-state index >= 15 is 0 Å². The number of benzene rings is 1. The molecule has 2 rings (SSSR count). The quantitative estimate of drug-likeness (QED) is 0.928. The Labute approximate surface area is 126 Å². The second kappa shape index (κ2) is 6.09. The van der Waals surface area contributed by atoms with Crippen LogP contribution < -0.4 is 10.1 Å². The smallest absolute Gasteiger partial charge is 0.257 e. The lowest BCUT2D eigenvalue weighted by molar-refractivity contribution is 0.102. The number of aromatic nitrogens is 2. The van der Waals surface area contributed by atoms with E-state index in [-0.39, 0.29) is 11.9 Å². The van der Waals surface area contributed by atoms with Crippen molar-refractivity contribution in [2.75, 3.05) is 12.4 Å². The van der Waals surface area contributed by atoms with Gasteiger partial charge in [-0.1, -0.05) is 0 Å². The van der Waals surface area contributed by atoms with Crippen molar-refractivity contribution in [3.8, 4) is 5.75 Å². The molecule has 0 saturated carbocycles. The molecule has 0 aliphatic carbocycles. The summed E-state index contributed by atoms with van der Waals surface area (Å²) in [5.74, 6) is 0.426. The average Bonchev–Trinajstić information content (AvgIpc) is 2.88. The van der Waals surface area contributed by atoms with Gasteiger partial charge in [0.1, 0.15) is 5.75 Å². The molecule has 1 aromatic carbocycles. The Morgan fingerprint density at radius 3 is 2.80 bits per heavy atom. The van der Waals surface area contributed by atoms with E-state index in [1.807, 2.05) is 13.8 Å². The maximum atomic E-state index is 12.2. The number of ether oxygens (including phenoxy) is 1. The molecule has 6 heteroatoms. The normalized spacial score (nSPS) is 10.7. The predicted molar refractivity (Wildman–Crippen MR) is 81.3 cm³/mol. The van der Waals surface area contributed by atoms with Gasteiger partial charge in [0.2, 0.25) is 0 Å². The van der Waals surface area contributed by atoms with Crippen LogP contribution in [-0.4, -0.2) is 22.8 Å². The number of amides is 1. The van der Waals surface area contributed by atoms with Crippen molar-refractivity contribution in [3.63, 3.8) is 0 Å². The highest BCUT2D eigenvalue weighted by molar-refractivity contribution is 9.10. The molecule has 1 N–H and O–H groups in total. The van der Waals surface area contributed by atoms with Crippen LogP contribution in [0.3, 0.4) is 0 Å². The van der Waals surface area contributed by atoms with E-state index in [0.29, 0.717) is 21.5 Å². The molecule has 0 atom stereocenters. The molecule has 2 aromatic rings. The Balaban J connectivity index is 2.19. The third-order valence-electron chi connectivity index (χ3n) is 2.81. The van der Waals surface area contributed by atoms with E-state index in [9.17, 15) is 4.79 Å². The molecule has 0 radical (unpaired) electrons. The summed E-state index contributed by atoms with van der Waals surface area (Å²) in [5.41, 5.74) is 1.18. The number of nitrogens with zero attached hydrogens (tertiary/aromatic N) is 2. The molecule has 20 heavy (non-hydrogen) atoms. The number of carbonyl (C=O) groups excluding carboxylic acids is 1. The zero-order valence-electron chi connectivity index (χ0n) is 11.6. The Morgan fingerprint density at radius 1 is 1.45 bits per heavy atom. The van der Waals surface area contributed by atoms with Gasteiger partial charge in [0, 0.05) is 16.7 Å². The van der Waals surface area contributed by atoms with Crippen LogP contribution in [0.2, 0.25) is 0 Å². The fourth-order valence-corrected chi connectivity index (χ4v) is 2.12. The average molecular weight is 338 g/mol. The SMILES string of the molecule is COc1ccc(Br)c(C(=O)Nc2cnn(C(C)C)c2)c1. The highest BCUT2D eigenvalue weighted by atomic mass is 79.9. The lowest BCUT2D eigenvalue weighted by Gasteiger charge is -2.07. The molecule has 0 aliphatic rings. The van der Waals surface area contributed by atoms with Crippen LogP contribution in [0.15, 0.2) is 35.1 Å². The minimum atomic E-state index is -0.209. The van der Waals surface area contributed by atoms with Gasteiger partial charge in [0.15, 0.2) is 0 Å². The third-order valence-corrected chi connectivity index (χ3v) is 3.50. The molecule has 0 bridgehead atoms. The summed E-state index contributed by atoms with van der Waals surface area (Å²) in [7, 11) is 1.57. The van der Waals surface area contributed by atoms with Gasteiger partial charge in [-0.2, -0.15) is 5.10 Å². The summed E-state index contributed by atoms with van der Waals surface area (Å²) >= 11 is 3.36. The van der Waals surface area contributed by atoms with Gasteiger partial charge in [0.05, 0.1) is 24.6 Å². The fraction of sp³-hybridized carbons (Fsp3) is 0.286. The van der Waals surface area contributed by atoms with Crippen LogP contribution in [0.5, 0.6) is 5.75 Å². The van der Waals surface area contributed by atoms with Crippen LogP contribution in [0.1, 0.15) is 30.2 Å². The number of carbonyl (C=O) groups is 1. The summed E-state index contributed by atoms with van der Waals surface area (Å²) in [6, 6.07) is 5.51. The van der Waals surface area contributed by atoms with E-state index in [1.54, 1.807) is 42.4 Å².